The van der Waals surface area contributed by atoms with E-state index >= 15 is 0 Å². The van der Waals surface area contributed by atoms with Crippen molar-refractivity contribution in [1.29, 1.82) is 0 Å². The van der Waals surface area contributed by atoms with Gasteiger partial charge in [-0.3, -0.25) is 14.6 Å². The lowest BCUT2D eigenvalue weighted by atomic mass is 10.1. The van der Waals surface area contributed by atoms with Gasteiger partial charge in [-0.15, -0.1) is 24.0 Å². The smallest absolute Gasteiger partial charge is 0.225 e. The minimum atomic E-state index is -0.112. The fourth-order valence-electron chi connectivity index (χ4n) is 4.10. The molecule has 8 nitrogen and oxygen atoms in total. The van der Waals surface area contributed by atoms with Crippen molar-refractivity contribution < 1.29 is 14.3 Å². The van der Waals surface area contributed by atoms with Crippen LogP contribution in [-0.4, -0.2) is 62.0 Å². The summed E-state index contributed by atoms with van der Waals surface area (Å²) in [6.07, 6.45) is 5.39. The maximum absolute atomic E-state index is 12.6. The first-order valence-electron chi connectivity index (χ1n) is 10.8. The molecule has 1 saturated carbocycles. The summed E-state index contributed by atoms with van der Waals surface area (Å²) in [6.45, 7) is 4.08. The number of rotatable bonds is 7. The highest BCUT2D eigenvalue weighted by Crippen LogP contribution is 2.27. The first-order chi connectivity index (χ1) is 14.5. The van der Waals surface area contributed by atoms with Crippen molar-refractivity contribution in [2.75, 3.05) is 38.6 Å². The van der Waals surface area contributed by atoms with Gasteiger partial charge in [0.25, 0.3) is 0 Å². The van der Waals surface area contributed by atoms with E-state index in [2.05, 4.69) is 20.9 Å². The third-order valence-electron chi connectivity index (χ3n) is 5.59. The average Bonchev–Trinajstić information content (AvgIpc) is 3.42. The number of guanidine groups is 1. The third kappa shape index (κ3) is 7.86. The molecule has 9 heteroatoms. The zero-order valence-corrected chi connectivity index (χ0v) is 20.7. The Hall–Kier alpha value is -2.04. The van der Waals surface area contributed by atoms with Gasteiger partial charge in [-0.05, 0) is 31.4 Å². The average molecular weight is 543 g/mol. The number of hydrogen-bond acceptors (Lipinski definition) is 4. The molecular weight excluding hydrogens is 509 g/mol. The Bertz CT molecular complexity index is 767. The van der Waals surface area contributed by atoms with Gasteiger partial charge >= 0.3 is 0 Å². The summed E-state index contributed by atoms with van der Waals surface area (Å²) in [5.74, 6) is 1.87. The number of likely N-dealkylation sites (tertiary alicyclic amines) is 1. The predicted molar refractivity (Wildman–Crippen MR) is 133 cm³/mol. The van der Waals surface area contributed by atoms with Gasteiger partial charge in [0.05, 0.1) is 6.54 Å². The summed E-state index contributed by atoms with van der Waals surface area (Å²) in [4.78, 5) is 30.0. The van der Waals surface area contributed by atoms with Gasteiger partial charge in [-0.25, -0.2) is 0 Å². The van der Waals surface area contributed by atoms with Crippen LogP contribution >= 0.6 is 24.0 Å². The van der Waals surface area contributed by atoms with Crippen molar-refractivity contribution in [3.63, 3.8) is 0 Å². The molecule has 1 unspecified atom stereocenters. The van der Waals surface area contributed by atoms with Crippen LogP contribution in [0.25, 0.3) is 0 Å². The largest absolute Gasteiger partial charge is 0.492 e. The van der Waals surface area contributed by atoms with Gasteiger partial charge in [-0.1, -0.05) is 18.9 Å². The number of nitrogens with zero attached hydrogens (tertiary/aromatic N) is 2. The molecule has 0 radical (unpaired) electrons. The summed E-state index contributed by atoms with van der Waals surface area (Å²) >= 11 is 0. The topological polar surface area (TPSA) is 95.1 Å². The maximum atomic E-state index is 12.6. The SMILES string of the molecule is CN=C(NCCOc1cccc(NC(C)=O)c1)NC1CCN(C(=O)C2CCCC2)C1.I. The number of ether oxygens (including phenoxy) is 1. The van der Waals surface area contributed by atoms with Gasteiger partial charge in [0.1, 0.15) is 12.4 Å². The highest BCUT2D eigenvalue weighted by atomic mass is 127. The molecule has 3 N–H and O–H groups in total. The molecule has 1 aliphatic heterocycles. The summed E-state index contributed by atoms with van der Waals surface area (Å²) in [5, 5.41) is 9.41. The Balaban J connectivity index is 0.00000341. The van der Waals surface area contributed by atoms with Crippen LogP contribution in [-0.2, 0) is 9.59 Å². The summed E-state index contributed by atoms with van der Waals surface area (Å²) in [7, 11) is 1.74. The van der Waals surface area contributed by atoms with Gasteiger partial charge in [0, 0.05) is 50.8 Å². The van der Waals surface area contributed by atoms with E-state index in [0.29, 0.717) is 36.5 Å². The molecule has 0 spiro atoms. The van der Waals surface area contributed by atoms with Crippen LogP contribution in [0.15, 0.2) is 29.3 Å². The number of carbonyl (C=O) groups excluding carboxylic acids is 2. The molecule has 1 aromatic rings. The van der Waals surface area contributed by atoms with Crippen molar-refractivity contribution >= 4 is 47.4 Å². The van der Waals surface area contributed by atoms with Gasteiger partial charge < -0.3 is 25.6 Å². The molecule has 2 fully saturated rings. The van der Waals surface area contributed by atoms with Crippen molar-refractivity contribution in [3.8, 4) is 5.75 Å². The van der Waals surface area contributed by atoms with E-state index in [-0.39, 0.29) is 41.8 Å². The van der Waals surface area contributed by atoms with Crippen molar-refractivity contribution in [2.24, 2.45) is 10.9 Å². The molecule has 0 bridgehead atoms. The lowest BCUT2D eigenvalue weighted by Gasteiger charge is -2.21. The second kappa shape index (κ2) is 12.7. The zero-order valence-electron chi connectivity index (χ0n) is 18.4. The van der Waals surface area contributed by atoms with Gasteiger partial charge in [0.15, 0.2) is 5.96 Å². The number of halogens is 1. The number of aliphatic imine (C=N–C) groups is 1. The lowest BCUT2D eigenvalue weighted by molar-refractivity contribution is -0.134. The highest BCUT2D eigenvalue weighted by Gasteiger charge is 2.32. The second-order valence-electron chi connectivity index (χ2n) is 7.95. The minimum absolute atomic E-state index is 0. The van der Waals surface area contributed by atoms with Crippen molar-refractivity contribution in [1.82, 2.24) is 15.5 Å². The van der Waals surface area contributed by atoms with Crippen LogP contribution in [0.4, 0.5) is 5.69 Å². The number of hydrogen-bond donors (Lipinski definition) is 3. The molecular formula is C22H34IN5O3. The Morgan fingerprint density at radius 2 is 2.00 bits per heavy atom. The van der Waals surface area contributed by atoms with Crippen LogP contribution in [0.5, 0.6) is 5.75 Å². The van der Waals surface area contributed by atoms with Crippen LogP contribution < -0.4 is 20.7 Å². The lowest BCUT2D eigenvalue weighted by Crippen LogP contribution is -2.46. The minimum Gasteiger partial charge on any atom is -0.492 e. The quantitative estimate of drug-likeness (QED) is 0.213. The molecule has 2 amide bonds. The molecule has 2 aliphatic rings. The Labute approximate surface area is 201 Å². The standard InChI is InChI=1S/C22H33N5O3.HI/c1-16(28)25-18-8-5-9-20(14-18)30-13-11-24-22(23-2)26-19-10-12-27(15-19)21(29)17-6-3-4-7-17;/h5,8-9,14,17,19H,3-4,6-7,10-13,15H2,1-2H3,(H,25,28)(H2,23,24,26);1H. The number of amides is 2. The molecule has 172 valence electrons. The normalized spacial score (nSPS) is 19.0. The van der Waals surface area contributed by atoms with Crippen LogP contribution in [0, 0.1) is 5.92 Å². The molecule has 1 heterocycles. The van der Waals surface area contributed by atoms with E-state index in [0.717, 1.165) is 32.4 Å². The molecule has 1 aliphatic carbocycles. The summed E-state index contributed by atoms with van der Waals surface area (Å²) in [6, 6.07) is 7.53. The highest BCUT2D eigenvalue weighted by molar-refractivity contribution is 14.0. The monoisotopic (exact) mass is 543 g/mol. The third-order valence-corrected chi connectivity index (χ3v) is 5.59. The zero-order chi connectivity index (χ0) is 21.3. The molecule has 31 heavy (non-hydrogen) atoms. The molecule has 1 saturated heterocycles. The Morgan fingerprint density at radius 3 is 2.71 bits per heavy atom. The fraction of sp³-hybridized carbons (Fsp3) is 0.591. The van der Waals surface area contributed by atoms with Crippen molar-refractivity contribution in [3.05, 3.63) is 24.3 Å². The molecule has 1 aromatic carbocycles. The van der Waals surface area contributed by atoms with E-state index in [1.165, 1.54) is 19.8 Å². The van der Waals surface area contributed by atoms with Crippen molar-refractivity contribution in [2.45, 2.75) is 45.1 Å². The van der Waals surface area contributed by atoms with E-state index in [1.54, 1.807) is 13.1 Å². The van der Waals surface area contributed by atoms with Crippen LogP contribution in [0.2, 0.25) is 0 Å². The fourth-order valence-corrected chi connectivity index (χ4v) is 4.10. The first-order valence-corrected chi connectivity index (χ1v) is 10.8. The molecule has 0 aromatic heterocycles. The number of carbonyl (C=O) groups is 2. The van der Waals surface area contributed by atoms with Gasteiger partial charge in [-0.2, -0.15) is 0 Å². The summed E-state index contributed by atoms with van der Waals surface area (Å²) in [5.41, 5.74) is 0.711. The molecule has 1 atom stereocenters. The predicted octanol–water partition coefficient (Wildman–Crippen LogP) is 2.60. The summed E-state index contributed by atoms with van der Waals surface area (Å²) < 4.78 is 5.75. The van der Waals surface area contributed by atoms with Crippen LogP contribution in [0.1, 0.15) is 39.0 Å². The molecule has 3 rings (SSSR count). The van der Waals surface area contributed by atoms with Crippen LogP contribution in [0.3, 0.4) is 0 Å². The van der Waals surface area contributed by atoms with E-state index in [4.69, 9.17) is 4.74 Å². The maximum Gasteiger partial charge on any atom is 0.225 e. The van der Waals surface area contributed by atoms with E-state index < -0.39 is 0 Å². The Morgan fingerprint density at radius 1 is 1.23 bits per heavy atom. The number of anilines is 1. The Kier molecular flexibility index (Phi) is 10.4. The van der Waals surface area contributed by atoms with E-state index in [1.807, 2.05) is 23.1 Å². The number of nitrogens with one attached hydrogen (secondary N) is 3. The van der Waals surface area contributed by atoms with E-state index in [9.17, 15) is 9.59 Å². The first kappa shape index (κ1) is 25.2. The number of benzene rings is 1. The second-order valence-corrected chi connectivity index (χ2v) is 7.95. The van der Waals surface area contributed by atoms with Gasteiger partial charge in [0.2, 0.25) is 11.8 Å².